The highest BCUT2D eigenvalue weighted by Gasteiger charge is 2.65. The quantitative estimate of drug-likeness (QED) is 0.654. The van der Waals surface area contributed by atoms with Crippen LogP contribution in [0.15, 0.2) is 61.2 Å². The van der Waals surface area contributed by atoms with Crippen LogP contribution < -0.4 is 9.64 Å². The number of anilines is 1. The van der Waals surface area contributed by atoms with Crippen LogP contribution in [-0.4, -0.2) is 37.4 Å². The number of para-hydroxylation sites is 1. The number of rotatable bonds is 7. The highest BCUT2D eigenvalue weighted by molar-refractivity contribution is 6.07. The van der Waals surface area contributed by atoms with Gasteiger partial charge in [-0.3, -0.25) is 4.79 Å². The van der Waals surface area contributed by atoms with E-state index in [1.807, 2.05) is 36.4 Å². The smallest absolute Gasteiger partial charge is 0.264 e. The maximum absolute atomic E-state index is 13.9. The predicted molar refractivity (Wildman–Crippen MR) is 126 cm³/mol. The van der Waals surface area contributed by atoms with Gasteiger partial charge in [0.2, 0.25) is 0 Å². The van der Waals surface area contributed by atoms with Gasteiger partial charge in [0.1, 0.15) is 5.75 Å². The molecule has 2 aromatic carbocycles. The number of fused-ring (bicyclic) bond motifs is 2. The van der Waals surface area contributed by atoms with E-state index in [0.717, 1.165) is 22.6 Å². The molecule has 1 N–H and O–H groups in total. The van der Waals surface area contributed by atoms with E-state index in [2.05, 4.69) is 39.5 Å². The number of methoxy groups -OCH3 is 1. The van der Waals surface area contributed by atoms with Gasteiger partial charge in [0, 0.05) is 30.6 Å². The number of aliphatic hydroxyl groups excluding tert-OH is 1. The molecule has 2 aliphatic rings. The number of carbonyl (C=O) groups excluding carboxylic acids is 1. The summed E-state index contributed by atoms with van der Waals surface area (Å²) in [5, 5.41) is 9.86. The molecule has 0 unspecified atom stereocenters. The molecule has 0 saturated carbocycles. The van der Waals surface area contributed by atoms with Crippen LogP contribution in [-0.2, 0) is 20.5 Å². The first-order valence-corrected chi connectivity index (χ1v) is 11.3. The van der Waals surface area contributed by atoms with E-state index in [1.54, 1.807) is 18.1 Å². The fourth-order valence-electron chi connectivity index (χ4n) is 5.98. The summed E-state index contributed by atoms with van der Waals surface area (Å²) in [7, 11) is 1.66. The monoisotopic (exact) mass is 435 g/mol. The number of benzene rings is 2. The van der Waals surface area contributed by atoms with Gasteiger partial charge in [-0.25, -0.2) is 0 Å². The molecule has 4 atom stereocenters. The molecule has 1 fully saturated rings. The van der Waals surface area contributed by atoms with E-state index in [9.17, 15) is 9.90 Å². The minimum Gasteiger partial charge on any atom is -0.497 e. The molecule has 32 heavy (non-hydrogen) atoms. The van der Waals surface area contributed by atoms with Crippen molar-refractivity contribution in [2.75, 3.05) is 25.2 Å². The lowest BCUT2D eigenvalue weighted by atomic mass is 9.63. The summed E-state index contributed by atoms with van der Waals surface area (Å²) in [6.45, 7) is 10.8. The molecule has 1 spiro atoms. The number of nitrogens with zero attached hydrogens (tertiary/aromatic N) is 1. The Morgan fingerprint density at radius 1 is 1.22 bits per heavy atom. The molecule has 0 radical (unpaired) electrons. The first kappa shape index (κ1) is 22.6. The average molecular weight is 436 g/mol. The lowest BCUT2D eigenvalue weighted by molar-refractivity contribution is -0.146. The molecular weight excluding hydrogens is 402 g/mol. The molecule has 0 bridgehead atoms. The van der Waals surface area contributed by atoms with Crippen molar-refractivity contribution >= 4 is 11.6 Å². The van der Waals surface area contributed by atoms with Crippen molar-refractivity contribution in [2.45, 2.75) is 44.3 Å². The van der Waals surface area contributed by atoms with Crippen molar-refractivity contribution in [1.29, 1.82) is 0 Å². The lowest BCUT2D eigenvalue weighted by Crippen LogP contribution is -2.46. The Labute approximate surface area is 190 Å². The van der Waals surface area contributed by atoms with Crippen LogP contribution in [0, 0.1) is 11.8 Å². The maximum Gasteiger partial charge on any atom is 0.264 e. The van der Waals surface area contributed by atoms with Crippen molar-refractivity contribution in [3.05, 3.63) is 72.3 Å². The minimum absolute atomic E-state index is 0.00880. The minimum atomic E-state index is -1.06. The Kier molecular flexibility index (Phi) is 5.91. The Morgan fingerprint density at radius 3 is 2.53 bits per heavy atom. The fraction of sp³-hybridized carbons (Fsp3) is 0.444. The van der Waals surface area contributed by atoms with Crippen molar-refractivity contribution < 1.29 is 19.4 Å². The van der Waals surface area contributed by atoms with Crippen molar-refractivity contribution in [2.24, 2.45) is 11.8 Å². The second kappa shape index (κ2) is 8.38. The molecule has 2 aliphatic heterocycles. The molecule has 1 saturated heterocycles. The molecule has 2 heterocycles. The van der Waals surface area contributed by atoms with Gasteiger partial charge in [0.15, 0.2) is 5.60 Å². The topological polar surface area (TPSA) is 59.0 Å². The van der Waals surface area contributed by atoms with Crippen LogP contribution >= 0.6 is 0 Å². The second-order valence-corrected chi connectivity index (χ2v) is 9.39. The van der Waals surface area contributed by atoms with E-state index in [0.29, 0.717) is 13.0 Å². The molecule has 2 aromatic rings. The second-order valence-electron chi connectivity index (χ2n) is 9.39. The van der Waals surface area contributed by atoms with Crippen LogP contribution in [0.4, 0.5) is 5.69 Å². The largest absolute Gasteiger partial charge is 0.497 e. The normalized spacial score (nSPS) is 27.1. The van der Waals surface area contributed by atoms with Gasteiger partial charge < -0.3 is 19.5 Å². The average Bonchev–Trinajstić information content (AvgIpc) is 3.22. The molecule has 0 aliphatic carbocycles. The molecule has 0 aromatic heterocycles. The summed E-state index contributed by atoms with van der Waals surface area (Å²) in [5.41, 5.74) is 1.59. The highest BCUT2D eigenvalue weighted by Crippen LogP contribution is 2.59. The zero-order valence-electron chi connectivity index (χ0n) is 19.4. The maximum atomic E-state index is 13.9. The van der Waals surface area contributed by atoms with E-state index in [1.165, 1.54) is 0 Å². The standard InChI is InChI=1S/C27H33NO4/c1-6-16-28-22-10-8-7-9-21(22)27(25(28)30)18(2)24(23(32-27)15-17-29)26(3,4)19-11-13-20(31-5)14-12-19/h6-14,18,23-24,29H,1,15-17H2,2-5H3/t18-,23+,24-,27+/m1/s1. The van der Waals surface area contributed by atoms with E-state index in [4.69, 9.17) is 9.47 Å². The van der Waals surface area contributed by atoms with E-state index in [-0.39, 0.29) is 35.9 Å². The van der Waals surface area contributed by atoms with Crippen LogP contribution in [0.2, 0.25) is 0 Å². The number of hydrogen-bond acceptors (Lipinski definition) is 4. The number of hydrogen-bond donors (Lipinski definition) is 1. The van der Waals surface area contributed by atoms with E-state index >= 15 is 0 Å². The Morgan fingerprint density at radius 2 is 1.91 bits per heavy atom. The van der Waals surface area contributed by atoms with Gasteiger partial charge in [-0.2, -0.15) is 0 Å². The van der Waals surface area contributed by atoms with Gasteiger partial charge in [-0.1, -0.05) is 57.2 Å². The van der Waals surface area contributed by atoms with Crippen LogP contribution in [0.5, 0.6) is 5.75 Å². The predicted octanol–water partition coefficient (Wildman–Crippen LogP) is 4.43. The van der Waals surface area contributed by atoms with Gasteiger partial charge in [-0.05, 0) is 35.6 Å². The molecule has 5 heteroatoms. The van der Waals surface area contributed by atoms with Gasteiger partial charge >= 0.3 is 0 Å². The number of ether oxygens (including phenoxy) is 2. The molecular formula is C27H33NO4. The lowest BCUT2D eigenvalue weighted by Gasteiger charge is -2.38. The number of carbonyl (C=O) groups is 1. The van der Waals surface area contributed by atoms with Gasteiger partial charge in [0.05, 0.1) is 18.9 Å². The molecule has 1 amide bonds. The molecule has 170 valence electrons. The summed E-state index contributed by atoms with van der Waals surface area (Å²) in [5.74, 6) is 0.689. The molecule has 4 rings (SSSR count). The van der Waals surface area contributed by atoms with Crippen LogP contribution in [0.1, 0.15) is 38.3 Å². The number of aliphatic hydroxyl groups is 1. The summed E-state index contributed by atoms with van der Waals surface area (Å²) >= 11 is 0. The first-order valence-electron chi connectivity index (χ1n) is 11.3. The number of amides is 1. The third kappa shape index (κ3) is 3.18. The first-order chi connectivity index (χ1) is 15.3. The zero-order chi connectivity index (χ0) is 23.1. The molecule has 5 nitrogen and oxygen atoms in total. The Bertz CT molecular complexity index is 999. The van der Waals surface area contributed by atoms with Crippen molar-refractivity contribution in [3.63, 3.8) is 0 Å². The SMILES string of the molecule is C=CCN1C(=O)[C@@]2(O[C@@H](CCO)[C@H](C(C)(C)c3ccc(OC)cc3)[C@H]2C)c2ccccc21. The summed E-state index contributed by atoms with van der Waals surface area (Å²) < 4.78 is 12.1. The summed E-state index contributed by atoms with van der Waals surface area (Å²) in [6, 6.07) is 16.0. The van der Waals surface area contributed by atoms with Crippen LogP contribution in [0.25, 0.3) is 0 Å². The Hall–Kier alpha value is -2.63. The Balaban J connectivity index is 1.82. The van der Waals surface area contributed by atoms with Crippen LogP contribution in [0.3, 0.4) is 0 Å². The van der Waals surface area contributed by atoms with Gasteiger partial charge in [0.25, 0.3) is 5.91 Å². The highest BCUT2D eigenvalue weighted by atomic mass is 16.5. The van der Waals surface area contributed by atoms with E-state index < -0.39 is 5.60 Å². The van der Waals surface area contributed by atoms with Gasteiger partial charge in [-0.15, -0.1) is 6.58 Å². The third-order valence-electron chi connectivity index (χ3n) is 7.47. The summed E-state index contributed by atoms with van der Waals surface area (Å²) in [4.78, 5) is 15.7. The summed E-state index contributed by atoms with van der Waals surface area (Å²) in [6.07, 6.45) is 1.97. The van der Waals surface area contributed by atoms with Crippen molar-refractivity contribution in [1.82, 2.24) is 0 Å². The zero-order valence-corrected chi connectivity index (χ0v) is 19.4. The third-order valence-corrected chi connectivity index (χ3v) is 7.47. The van der Waals surface area contributed by atoms with Crippen molar-refractivity contribution in [3.8, 4) is 5.75 Å². The fourth-order valence-corrected chi connectivity index (χ4v) is 5.98.